The van der Waals surface area contributed by atoms with Gasteiger partial charge in [-0.05, 0) is 108 Å². The maximum Gasteiger partial charge on any atom is 0.0992 e. The van der Waals surface area contributed by atoms with E-state index < -0.39 is 21.8 Å². The van der Waals surface area contributed by atoms with Gasteiger partial charge in [-0.3, -0.25) is 0 Å². The lowest BCUT2D eigenvalue weighted by molar-refractivity contribution is 1.24. The van der Waals surface area contributed by atoms with Crippen LogP contribution in [0.5, 0.6) is 0 Å². The molecule has 0 heterocycles. The van der Waals surface area contributed by atoms with Crippen LogP contribution in [0.3, 0.4) is 0 Å². The molecule has 3 heteroatoms. The Morgan fingerprint density at radius 1 is 0.255 bits per heavy atom. The fourth-order valence-electron chi connectivity index (χ4n) is 7.75. The largest absolute Gasteiger partial charge is 0.0992 e. The Bertz CT molecular complexity index is 1750. The number of hydrogen-bond acceptors (Lipinski definition) is 0. The van der Waals surface area contributed by atoms with E-state index in [-0.39, 0.29) is 0 Å². The van der Waals surface area contributed by atoms with Crippen molar-refractivity contribution >= 4 is 53.6 Å². The van der Waals surface area contributed by atoms with Gasteiger partial charge in [0, 0.05) is 0 Å². The molecule has 0 aromatic heterocycles. The van der Waals surface area contributed by atoms with E-state index in [4.69, 9.17) is 0 Å². The van der Waals surface area contributed by atoms with Crippen LogP contribution in [0, 0.1) is 0 Å². The topological polar surface area (TPSA) is 0 Å². The van der Waals surface area contributed by atoms with E-state index in [0.717, 1.165) is 18.5 Å². The summed E-state index contributed by atoms with van der Waals surface area (Å²) in [5, 5.41) is 8.75. The monoisotopic (exact) mass is 717 g/mol. The van der Waals surface area contributed by atoms with Gasteiger partial charge in [0.1, 0.15) is 0 Å². The second kappa shape index (κ2) is 15.6. The molecule has 0 saturated heterocycles. The summed E-state index contributed by atoms with van der Waals surface area (Å²) in [5.41, 5.74) is 4.35. The van der Waals surface area contributed by atoms with Crippen molar-refractivity contribution in [3.05, 3.63) is 217 Å². The Labute approximate surface area is 307 Å². The maximum atomic E-state index is 2.57. The highest BCUT2D eigenvalue weighted by atomic mass is 31.2. The predicted molar refractivity (Wildman–Crippen MR) is 233 cm³/mol. The third-order valence-corrected chi connectivity index (χ3v) is 22.2. The number of hydrogen-bond donors (Lipinski definition) is 0. The van der Waals surface area contributed by atoms with Crippen LogP contribution in [-0.2, 0) is 18.5 Å². The first-order valence-electron chi connectivity index (χ1n) is 17.9. The molecule has 0 aliphatic heterocycles. The van der Waals surface area contributed by atoms with Crippen molar-refractivity contribution in [3.63, 3.8) is 0 Å². The minimum absolute atomic E-state index is 1.03. The van der Waals surface area contributed by atoms with E-state index in [1.165, 1.54) is 48.5 Å². The zero-order valence-corrected chi connectivity index (χ0v) is 32.7. The van der Waals surface area contributed by atoms with E-state index in [9.17, 15) is 0 Å². The summed E-state index contributed by atoms with van der Waals surface area (Å²) in [6.07, 6.45) is 3.08. The van der Waals surface area contributed by atoms with E-state index in [1.807, 2.05) is 0 Å². The average Bonchev–Trinajstić information content (AvgIpc) is 3.19. The van der Waals surface area contributed by atoms with Gasteiger partial charge in [0.15, 0.2) is 0 Å². The second-order valence-corrected chi connectivity index (χ2v) is 25.4. The lowest BCUT2D eigenvalue weighted by Gasteiger charge is -2.27. The van der Waals surface area contributed by atoms with Crippen LogP contribution in [0.1, 0.15) is 16.7 Å². The molecule has 0 aliphatic carbocycles. The molecule has 0 fully saturated rings. The molecule has 0 unspecified atom stereocenters. The predicted octanol–water partition coefficient (Wildman–Crippen LogP) is 10.1. The molecule has 0 atom stereocenters. The molecular formula is C48H48P3+3. The van der Waals surface area contributed by atoms with Crippen LogP contribution >= 0.6 is 21.8 Å². The molecule has 0 spiro atoms. The molecule has 0 radical (unpaired) electrons. The summed E-state index contributed by atoms with van der Waals surface area (Å²) in [7, 11) is -5.26. The lowest BCUT2D eigenvalue weighted by Crippen LogP contribution is -2.24. The van der Waals surface area contributed by atoms with Gasteiger partial charge in [0.2, 0.25) is 0 Å². The molecule has 7 aromatic carbocycles. The van der Waals surface area contributed by atoms with Crippen LogP contribution in [0.2, 0.25) is 0 Å². The van der Waals surface area contributed by atoms with Crippen LogP contribution in [0.15, 0.2) is 200 Å². The van der Waals surface area contributed by atoms with E-state index >= 15 is 0 Å². The standard InChI is InChI=1S/C48H48P3/c1-49(43-22-10-4-11-23-43,44-24-12-5-13-25-44)37-40-34-41(38-50(2,45-26-14-6-15-27-45)46-28-16-7-17-29-46)36-42(35-40)39-51(3,47-30-18-8-19-31-47)48-32-20-9-21-33-48/h4-36H,37-39H2,1-3H3/q+3. The normalized spacial score (nSPS) is 12.1. The first-order chi connectivity index (χ1) is 24.9. The van der Waals surface area contributed by atoms with Crippen molar-refractivity contribution in [2.75, 3.05) is 20.0 Å². The van der Waals surface area contributed by atoms with E-state index in [0.29, 0.717) is 0 Å². The minimum Gasteiger partial charge on any atom is -0.0620 e. The molecule has 0 amide bonds. The van der Waals surface area contributed by atoms with Crippen LogP contribution in [0.25, 0.3) is 0 Å². The Hall–Kier alpha value is -4.17. The Morgan fingerprint density at radius 3 is 0.569 bits per heavy atom. The van der Waals surface area contributed by atoms with Crippen molar-refractivity contribution in [2.45, 2.75) is 18.5 Å². The highest BCUT2D eigenvalue weighted by Gasteiger charge is 2.42. The van der Waals surface area contributed by atoms with Gasteiger partial charge >= 0.3 is 0 Å². The summed E-state index contributed by atoms with van der Waals surface area (Å²) < 4.78 is 0. The molecule has 252 valence electrons. The van der Waals surface area contributed by atoms with Gasteiger partial charge in [0.25, 0.3) is 0 Å². The van der Waals surface area contributed by atoms with Crippen LogP contribution < -0.4 is 31.8 Å². The number of rotatable bonds is 12. The quantitative estimate of drug-likeness (QED) is 0.110. The molecule has 0 aliphatic rings. The van der Waals surface area contributed by atoms with Gasteiger partial charge in [-0.25, -0.2) is 0 Å². The summed E-state index contributed by atoms with van der Waals surface area (Å²) in [6, 6.07) is 75.4. The zero-order chi connectivity index (χ0) is 35.2. The molecular weight excluding hydrogens is 669 g/mol. The number of benzene rings is 7. The first kappa shape index (κ1) is 35.2. The molecule has 51 heavy (non-hydrogen) atoms. The van der Waals surface area contributed by atoms with Crippen molar-refractivity contribution in [1.82, 2.24) is 0 Å². The van der Waals surface area contributed by atoms with Gasteiger partial charge in [-0.1, -0.05) is 109 Å². The fourth-order valence-corrected chi connectivity index (χ4v) is 17.5. The molecule has 0 nitrogen and oxygen atoms in total. The zero-order valence-electron chi connectivity index (χ0n) is 30.0. The van der Waals surface area contributed by atoms with Crippen molar-refractivity contribution in [1.29, 1.82) is 0 Å². The van der Waals surface area contributed by atoms with Gasteiger partial charge in [-0.15, -0.1) is 0 Å². The van der Waals surface area contributed by atoms with Crippen LogP contribution in [0.4, 0.5) is 0 Å². The minimum atomic E-state index is -1.75. The summed E-state index contributed by atoms with van der Waals surface area (Å²) in [6.45, 7) is 7.63. The Kier molecular flexibility index (Phi) is 10.8. The van der Waals surface area contributed by atoms with Gasteiger partial charge in [0.05, 0.1) is 92.1 Å². The lowest BCUT2D eigenvalue weighted by atomic mass is 10.1. The summed E-state index contributed by atoms with van der Waals surface area (Å²) in [4.78, 5) is 0. The second-order valence-electron chi connectivity index (χ2n) is 14.2. The molecule has 0 bridgehead atoms. The van der Waals surface area contributed by atoms with E-state index in [1.54, 1.807) is 0 Å². The third kappa shape index (κ3) is 7.71. The van der Waals surface area contributed by atoms with Crippen LogP contribution in [-0.4, -0.2) is 20.0 Å². The highest BCUT2D eigenvalue weighted by Crippen LogP contribution is 2.59. The molecule has 0 saturated carbocycles. The Morgan fingerprint density at radius 2 is 0.412 bits per heavy atom. The Balaban J connectivity index is 1.39. The molecule has 7 rings (SSSR count). The van der Waals surface area contributed by atoms with Gasteiger partial charge < -0.3 is 0 Å². The summed E-state index contributed by atoms with van der Waals surface area (Å²) >= 11 is 0. The molecule has 0 N–H and O–H groups in total. The average molecular weight is 718 g/mol. The maximum absolute atomic E-state index is 2.57. The van der Waals surface area contributed by atoms with Crippen molar-refractivity contribution in [3.8, 4) is 0 Å². The van der Waals surface area contributed by atoms with Crippen molar-refractivity contribution < 1.29 is 0 Å². The third-order valence-electron chi connectivity index (χ3n) is 10.6. The van der Waals surface area contributed by atoms with Gasteiger partial charge in [-0.2, -0.15) is 0 Å². The SMILES string of the molecule is C[P+](Cc1cc(C[P+](C)(c2ccccc2)c2ccccc2)cc(C[P+](C)(c2ccccc2)c2ccccc2)c1)(c1ccccc1)c1ccccc1. The smallest absolute Gasteiger partial charge is 0.0620 e. The van der Waals surface area contributed by atoms with Crippen molar-refractivity contribution in [2.24, 2.45) is 0 Å². The highest BCUT2D eigenvalue weighted by molar-refractivity contribution is 7.89. The van der Waals surface area contributed by atoms with E-state index in [2.05, 4.69) is 220 Å². The first-order valence-corrected chi connectivity index (χ1v) is 25.2. The fraction of sp³-hybridized carbons (Fsp3) is 0.125. The molecule has 7 aromatic rings. The summed E-state index contributed by atoms with van der Waals surface area (Å²) in [5.74, 6) is 0.